The highest BCUT2D eigenvalue weighted by Gasteiger charge is 2.32. The Bertz CT molecular complexity index is 841. The summed E-state index contributed by atoms with van der Waals surface area (Å²) in [5, 5.41) is 2.18. The van der Waals surface area contributed by atoms with Gasteiger partial charge >= 0.3 is 0 Å². The molecule has 0 atom stereocenters. The number of methoxy groups -OCH3 is 1. The van der Waals surface area contributed by atoms with Crippen molar-refractivity contribution in [2.24, 2.45) is 0 Å². The van der Waals surface area contributed by atoms with Crippen molar-refractivity contribution in [1.29, 1.82) is 0 Å². The van der Waals surface area contributed by atoms with E-state index < -0.39 is 23.4 Å². The minimum Gasteiger partial charge on any atom is -0.497 e. The van der Waals surface area contributed by atoms with Crippen molar-refractivity contribution < 1.29 is 23.1 Å². The molecule has 2 amide bonds. The van der Waals surface area contributed by atoms with Crippen LogP contribution in [-0.2, 0) is 9.59 Å². The molecule has 1 heterocycles. The van der Waals surface area contributed by atoms with Gasteiger partial charge in [0.1, 0.15) is 5.75 Å². The fourth-order valence-electron chi connectivity index (χ4n) is 2.42. The quantitative estimate of drug-likeness (QED) is 0.886. The third-order valence-electron chi connectivity index (χ3n) is 3.52. The zero-order chi connectivity index (χ0) is 16.6. The van der Waals surface area contributed by atoms with E-state index in [4.69, 9.17) is 4.74 Å². The molecule has 0 fully saturated rings. The van der Waals surface area contributed by atoms with Crippen LogP contribution in [0.4, 0.5) is 8.78 Å². The molecule has 1 aliphatic rings. The third kappa shape index (κ3) is 2.59. The van der Waals surface area contributed by atoms with Gasteiger partial charge in [0.2, 0.25) is 0 Å². The summed E-state index contributed by atoms with van der Waals surface area (Å²) in [5.41, 5.74) is 0.745. The zero-order valence-electron chi connectivity index (χ0n) is 12.0. The van der Waals surface area contributed by atoms with Crippen LogP contribution in [0.15, 0.2) is 42.5 Å². The van der Waals surface area contributed by atoms with Crippen LogP contribution >= 0.6 is 0 Å². The standard InChI is InChI=1S/C17H11F2NO3/c1-23-11-5-2-9(3-6-11)14-15(17(22)20-16(14)21)10-4-7-12(18)13(19)8-10/h2-8H,1H3,(H,20,21,22). The second kappa shape index (κ2) is 5.64. The van der Waals surface area contributed by atoms with Gasteiger partial charge in [-0.3, -0.25) is 14.9 Å². The maximum absolute atomic E-state index is 13.5. The molecule has 1 aliphatic heterocycles. The van der Waals surface area contributed by atoms with E-state index in [2.05, 4.69) is 5.32 Å². The van der Waals surface area contributed by atoms with E-state index in [0.717, 1.165) is 12.1 Å². The Morgan fingerprint density at radius 2 is 1.39 bits per heavy atom. The molecule has 0 saturated carbocycles. The molecule has 23 heavy (non-hydrogen) atoms. The summed E-state index contributed by atoms with van der Waals surface area (Å²) in [6.45, 7) is 0. The lowest BCUT2D eigenvalue weighted by molar-refractivity contribution is -0.122. The number of amides is 2. The summed E-state index contributed by atoms with van der Waals surface area (Å²) in [7, 11) is 1.51. The van der Waals surface area contributed by atoms with Crippen molar-refractivity contribution in [3.05, 3.63) is 65.2 Å². The van der Waals surface area contributed by atoms with E-state index in [1.165, 1.54) is 13.2 Å². The van der Waals surface area contributed by atoms with Gasteiger partial charge in [0.15, 0.2) is 11.6 Å². The maximum atomic E-state index is 13.5. The number of imide groups is 1. The average Bonchev–Trinajstić information content (AvgIpc) is 2.84. The van der Waals surface area contributed by atoms with Crippen molar-refractivity contribution in [2.45, 2.75) is 0 Å². The molecule has 0 saturated heterocycles. The van der Waals surface area contributed by atoms with E-state index in [-0.39, 0.29) is 16.7 Å². The minimum absolute atomic E-state index is 0.0130. The summed E-state index contributed by atoms with van der Waals surface area (Å²) in [5.74, 6) is -2.75. The Labute approximate surface area is 130 Å². The largest absolute Gasteiger partial charge is 0.497 e. The molecule has 0 bridgehead atoms. The number of rotatable bonds is 3. The van der Waals surface area contributed by atoms with Crippen molar-refractivity contribution >= 4 is 23.0 Å². The van der Waals surface area contributed by atoms with E-state index in [0.29, 0.717) is 11.3 Å². The molecular formula is C17H11F2NO3. The van der Waals surface area contributed by atoms with Gasteiger partial charge in [0, 0.05) is 0 Å². The van der Waals surface area contributed by atoms with Gasteiger partial charge in [-0.25, -0.2) is 8.78 Å². The number of hydrogen-bond acceptors (Lipinski definition) is 3. The predicted molar refractivity (Wildman–Crippen MR) is 79.3 cm³/mol. The molecule has 0 spiro atoms. The molecule has 3 rings (SSSR count). The first-order valence-electron chi connectivity index (χ1n) is 6.71. The molecule has 4 nitrogen and oxygen atoms in total. The van der Waals surface area contributed by atoms with Crippen LogP contribution in [0.1, 0.15) is 11.1 Å². The first kappa shape index (κ1) is 14.9. The van der Waals surface area contributed by atoms with Crippen LogP contribution < -0.4 is 10.1 Å². The molecule has 6 heteroatoms. The topological polar surface area (TPSA) is 55.4 Å². The van der Waals surface area contributed by atoms with E-state index in [1.54, 1.807) is 24.3 Å². The molecule has 0 aliphatic carbocycles. The lowest BCUT2D eigenvalue weighted by Gasteiger charge is -2.06. The van der Waals surface area contributed by atoms with Crippen LogP contribution in [0.2, 0.25) is 0 Å². The van der Waals surface area contributed by atoms with Gasteiger partial charge < -0.3 is 4.74 Å². The number of carbonyl (C=O) groups is 2. The summed E-state index contributed by atoms with van der Waals surface area (Å²) in [4.78, 5) is 24.1. The van der Waals surface area contributed by atoms with Crippen LogP contribution in [0.3, 0.4) is 0 Å². The molecular weight excluding hydrogens is 304 g/mol. The van der Waals surface area contributed by atoms with Gasteiger partial charge in [-0.05, 0) is 35.4 Å². The van der Waals surface area contributed by atoms with Gasteiger partial charge in [0.05, 0.1) is 18.3 Å². The SMILES string of the molecule is COc1ccc(C2=C(c3ccc(F)c(F)c3)C(=O)NC2=O)cc1. The van der Waals surface area contributed by atoms with Gasteiger partial charge in [-0.1, -0.05) is 18.2 Å². The van der Waals surface area contributed by atoms with Crippen LogP contribution in [0, 0.1) is 11.6 Å². The van der Waals surface area contributed by atoms with E-state index in [9.17, 15) is 18.4 Å². The van der Waals surface area contributed by atoms with Crippen LogP contribution in [0.5, 0.6) is 5.75 Å². The molecule has 0 unspecified atom stereocenters. The van der Waals surface area contributed by atoms with Gasteiger partial charge in [0.25, 0.3) is 11.8 Å². The minimum atomic E-state index is -1.09. The highest BCUT2D eigenvalue weighted by molar-refractivity contribution is 6.49. The second-order valence-corrected chi connectivity index (χ2v) is 4.89. The van der Waals surface area contributed by atoms with Crippen molar-refractivity contribution in [2.75, 3.05) is 7.11 Å². The molecule has 0 radical (unpaired) electrons. The van der Waals surface area contributed by atoms with Crippen molar-refractivity contribution in [3.63, 3.8) is 0 Å². The van der Waals surface area contributed by atoms with Crippen LogP contribution in [0.25, 0.3) is 11.1 Å². The van der Waals surface area contributed by atoms with Crippen molar-refractivity contribution in [3.8, 4) is 5.75 Å². The summed E-state index contributed by atoms with van der Waals surface area (Å²) in [6.07, 6.45) is 0. The van der Waals surface area contributed by atoms with Crippen LogP contribution in [-0.4, -0.2) is 18.9 Å². The average molecular weight is 315 g/mol. The summed E-state index contributed by atoms with van der Waals surface area (Å²) >= 11 is 0. The molecule has 0 aromatic heterocycles. The van der Waals surface area contributed by atoms with Crippen molar-refractivity contribution in [1.82, 2.24) is 5.32 Å². The predicted octanol–water partition coefficient (Wildman–Crippen LogP) is 2.54. The summed E-state index contributed by atoms with van der Waals surface area (Å²) < 4.78 is 31.6. The Morgan fingerprint density at radius 3 is 1.96 bits per heavy atom. The monoisotopic (exact) mass is 315 g/mol. The second-order valence-electron chi connectivity index (χ2n) is 4.89. The highest BCUT2D eigenvalue weighted by Crippen LogP contribution is 2.32. The highest BCUT2D eigenvalue weighted by atomic mass is 19.2. The lowest BCUT2D eigenvalue weighted by atomic mass is 9.96. The van der Waals surface area contributed by atoms with E-state index >= 15 is 0 Å². The fourth-order valence-corrected chi connectivity index (χ4v) is 2.42. The molecule has 2 aromatic carbocycles. The number of ether oxygens (including phenoxy) is 1. The Kier molecular flexibility index (Phi) is 3.65. The normalized spacial score (nSPS) is 14.2. The number of hydrogen-bond donors (Lipinski definition) is 1. The number of carbonyl (C=O) groups excluding carboxylic acids is 2. The molecule has 1 N–H and O–H groups in total. The maximum Gasteiger partial charge on any atom is 0.259 e. The number of halogens is 2. The molecule has 2 aromatic rings. The Balaban J connectivity index is 2.18. The smallest absolute Gasteiger partial charge is 0.259 e. The van der Waals surface area contributed by atoms with Gasteiger partial charge in [-0.2, -0.15) is 0 Å². The zero-order valence-corrected chi connectivity index (χ0v) is 12.0. The third-order valence-corrected chi connectivity index (χ3v) is 3.52. The number of benzene rings is 2. The fraction of sp³-hybridized carbons (Fsp3) is 0.0588. The lowest BCUT2D eigenvalue weighted by Crippen LogP contribution is -2.22. The van der Waals surface area contributed by atoms with E-state index in [1.807, 2.05) is 0 Å². The summed E-state index contributed by atoms with van der Waals surface area (Å²) in [6, 6.07) is 9.59. The van der Waals surface area contributed by atoms with Gasteiger partial charge in [-0.15, -0.1) is 0 Å². The first-order chi connectivity index (χ1) is 11.0. The molecule has 116 valence electrons. The Morgan fingerprint density at radius 1 is 0.826 bits per heavy atom. The number of nitrogens with one attached hydrogen (secondary N) is 1. The Hall–Kier alpha value is -3.02. The first-order valence-corrected chi connectivity index (χ1v) is 6.71.